The molecular formula is C19H19FN4O2. The number of nitrogens with zero attached hydrogens (tertiary/aromatic N) is 2. The summed E-state index contributed by atoms with van der Waals surface area (Å²) >= 11 is 0. The van der Waals surface area contributed by atoms with Gasteiger partial charge in [0.15, 0.2) is 0 Å². The van der Waals surface area contributed by atoms with Crippen LogP contribution in [0.4, 0.5) is 15.8 Å². The van der Waals surface area contributed by atoms with Crippen molar-refractivity contribution in [3.05, 3.63) is 59.9 Å². The Labute approximate surface area is 151 Å². The van der Waals surface area contributed by atoms with Crippen molar-refractivity contribution in [1.82, 2.24) is 4.90 Å². The number of benzene rings is 2. The first-order valence-corrected chi connectivity index (χ1v) is 7.95. The molecule has 2 rings (SSSR count). The van der Waals surface area contributed by atoms with Gasteiger partial charge in [-0.05, 0) is 50.4 Å². The van der Waals surface area contributed by atoms with Gasteiger partial charge in [-0.3, -0.25) is 14.5 Å². The Morgan fingerprint density at radius 2 is 1.81 bits per heavy atom. The first-order valence-electron chi connectivity index (χ1n) is 7.95. The normalized spacial score (nSPS) is 11.5. The van der Waals surface area contributed by atoms with Gasteiger partial charge in [0.25, 0.3) is 0 Å². The van der Waals surface area contributed by atoms with E-state index in [-0.39, 0.29) is 18.4 Å². The van der Waals surface area contributed by atoms with Gasteiger partial charge in [0, 0.05) is 11.4 Å². The molecule has 0 aliphatic heterocycles. The number of nitrogens with one attached hydrogen (secondary N) is 2. The van der Waals surface area contributed by atoms with Crippen LogP contribution in [0.5, 0.6) is 0 Å². The van der Waals surface area contributed by atoms with Crippen LogP contribution in [-0.2, 0) is 9.59 Å². The fourth-order valence-corrected chi connectivity index (χ4v) is 2.24. The van der Waals surface area contributed by atoms with Crippen LogP contribution in [0, 0.1) is 17.1 Å². The highest BCUT2D eigenvalue weighted by Gasteiger charge is 2.20. The van der Waals surface area contributed by atoms with Crippen LogP contribution < -0.4 is 10.6 Å². The number of carbonyl (C=O) groups excluding carboxylic acids is 2. The van der Waals surface area contributed by atoms with Gasteiger partial charge in [0.1, 0.15) is 5.82 Å². The van der Waals surface area contributed by atoms with Crippen molar-refractivity contribution < 1.29 is 14.0 Å². The number of amides is 2. The van der Waals surface area contributed by atoms with Crippen LogP contribution >= 0.6 is 0 Å². The second kappa shape index (κ2) is 8.74. The Balaban J connectivity index is 1.91. The lowest BCUT2D eigenvalue weighted by Gasteiger charge is -2.23. The number of hydrogen-bond acceptors (Lipinski definition) is 4. The van der Waals surface area contributed by atoms with Gasteiger partial charge in [-0.1, -0.05) is 12.1 Å². The highest BCUT2D eigenvalue weighted by Crippen LogP contribution is 2.12. The highest BCUT2D eigenvalue weighted by molar-refractivity contribution is 5.96. The average molecular weight is 354 g/mol. The summed E-state index contributed by atoms with van der Waals surface area (Å²) in [5.74, 6) is -1.10. The lowest BCUT2D eigenvalue weighted by molar-refractivity contribution is -0.122. The lowest BCUT2D eigenvalue weighted by Crippen LogP contribution is -2.43. The summed E-state index contributed by atoms with van der Waals surface area (Å²) in [5, 5.41) is 14.2. The molecule has 2 amide bonds. The van der Waals surface area contributed by atoms with E-state index in [0.717, 1.165) is 0 Å². The van der Waals surface area contributed by atoms with Crippen molar-refractivity contribution >= 4 is 23.2 Å². The molecule has 26 heavy (non-hydrogen) atoms. The number of hydrogen-bond donors (Lipinski definition) is 2. The molecule has 134 valence electrons. The molecule has 6 nitrogen and oxygen atoms in total. The maximum Gasteiger partial charge on any atom is 0.241 e. The second-order valence-corrected chi connectivity index (χ2v) is 5.83. The molecule has 1 atom stereocenters. The minimum atomic E-state index is -0.584. The SMILES string of the molecule is C[C@@H](C(=O)Nc1cccc(C#N)c1)N(C)CC(=O)Nc1cccc(F)c1. The molecule has 0 aromatic heterocycles. The first-order chi connectivity index (χ1) is 12.4. The van der Waals surface area contributed by atoms with E-state index < -0.39 is 11.9 Å². The summed E-state index contributed by atoms with van der Waals surface area (Å²) in [6, 6.07) is 13.6. The molecule has 0 aliphatic carbocycles. The quantitative estimate of drug-likeness (QED) is 0.835. The van der Waals surface area contributed by atoms with Crippen molar-refractivity contribution in [2.24, 2.45) is 0 Å². The molecule has 0 heterocycles. The largest absolute Gasteiger partial charge is 0.325 e. The fraction of sp³-hybridized carbons (Fsp3) is 0.211. The van der Waals surface area contributed by atoms with Gasteiger partial charge in [-0.2, -0.15) is 5.26 Å². The van der Waals surface area contributed by atoms with E-state index in [4.69, 9.17) is 5.26 Å². The molecule has 0 fully saturated rings. The second-order valence-electron chi connectivity index (χ2n) is 5.83. The van der Waals surface area contributed by atoms with Crippen molar-refractivity contribution in [3.63, 3.8) is 0 Å². The molecule has 0 saturated heterocycles. The molecule has 7 heteroatoms. The van der Waals surface area contributed by atoms with Gasteiger partial charge < -0.3 is 10.6 Å². The predicted molar refractivity (Wildman–Crippen MR) is 96.9 cm³/mol. The molecule has 0 bridgehead atoms. The minimum Gasteiger partial charge on any atom is -0.325 e. The van der Waals surface area contributed by atoms with Gasteiger partial charge in [0.2, 0.25) is 11.8 Å². The van der Waals surface area contributed by atoms with Gasteiger partial charge in [0.05, 0.1) is 24.2 Å². The monoisotopic (exact) mass is 354 g/mol. The van der Waals surface area contributed by atoms with E-state index in [1.54, 1.807) is 49.2 Å². The first kappa shape index (κ1) is 19.1. The van der Waals surface area contributed by atoms with Crippen LogP contribution in [0.2, 0.25) is 0 Å². The zero-order chi connectivity index (χ0) is 19.1. The van der Waals surface area contributed by atoms with Gasteiger partial charge in [-0.25, -0.2) is 4.39 Å². The van der Waals surface area contributed by atoms with Crippen molar-refractivity contribution in [1.29, 1.82) is 5.26 Å². The third-order valence-corrected chi connectivity index (χ3v) is 3.80. The van der Waals surface area contributed by atoms with Crippen LogP contribution in [0.15, 0.2) is 48.5 Å². The summed E-state index contributed by atoms with van der Waals surface area (Å²) in [6.45, 7) is 1.63. The van der Waals surface area contributed by atoms with E-state index in [9.17, 15) is 14.0 Å². The zero-order valence-corrected chi connectivity index (χ0v) is 14.5. The van der Waals surface area contributed by atoms with Crippen LogP contribution in [0.1, 0.15) is 12.5 Å². The van der Waals surface area contributed by atoms with Crippen molar-refractivity contribution in [3.8, 4) is 6.07 Å². The Morgan fingerprint density at radius 1 is 1.15 bits per heavy atom. The Hall–Kier alpha value is -3.24. The lowest BCUT2D eigenvalue weighted by atomic mass is 10.2. The predicted octanol–water partition coefficient (Wildman–Crippen LogP) is 2.59. The standard InChI is InChI=1S/C19H19FN4O2/c1-13(19(26)23-16-7-3-5-14(9-16)11-21)24(2)12-18(25)22-17-8-4-6-15(20)10-17/h3-10,13H,12H2,1-2H3,(H,22,25)(H,23,26)/t13-/m0/s1. The number of carbonyl (C=O) groups is 2. The van der Waals surface area contributed by atoms with E-state index in [0.29, 0.717) is 16.9 Å². The Bertz CT molecular complexity index is 847. The summed E-state index contributed by atoms with van der Waals surface area (Å²) in [7, 11) is 1.64. The maximum absolute atomic E-state index is 13.1. The minimum absolute atomic E-state index is 0.0384. The molecule has 0 aliphatic rings. The Morgan fingerprint density at radius 3 is 2.46 bits per heavy atom. The highest BCUT2D eigenvalue weighted by atomic mass is 19.1. The summed E-state index contributed by atoms with van der Waals surface area (Å²) in [4.78, 5) is 25.9. The van der Waals surface area contributed by atoms with Crippen molar-refractivity contribution in [2.45, 2.75) is 13.0 Å². The number of rotatable bonds is 6. The third kappa shape index (κ3) is 5.40. The number of halogens is 1. The van der Waals surface area contributed by atoms with E-state index in [2.05, 4.69) is 10.6 Å². The van der Waals surface area contributed by atoms with E-state index in [1.807, 2.05) is 6.07 Å². The van der Waals surface area contributed by atoms with Gasteiger partial charge in [-0.15, -0.1) is 0 Å². The summed E-state index contributed by atoms with van der Waals surface area (Å²) in [6.07, 6.45) is 0. The molecule has 2 N–H and O–H groups in total. The molecule has 0 saturated carbocycles. The van der Waals surface area contributed by atoms with Crippen LogP contribution in [0.3, 0.4) is 0 Å². The fourth-order valence-electron chi connectivity index (χ4n) is 2.24. The van der Waals surface area contributed by atoms with Crippen molar-refractivity contribution in [2.75, 3.05) is 24.2 Å². The summed E-state index contributed by atoms with van der Waals surface area (Å²) < 4.78 is 13.1. The molecule has 0 spiro atoms. The third-order valence-electron chi connectivity index (χ3n) is 3.80. The molecule has 0 radical (unpaired) electrons. The average Bonchev–Trinajstić information content (AvgIpc) is 2.61. The van der Waals surface area contributed by atoms with Gasteiger partial charge >= 0.3 is 0 Å². The summed E-state index contributed by atoms with van der Waals surface area (Å²) in [5.41, 5.74) is 1.31. The number of nitriles is 1. The molecule has 2 aromatic rings. The Kier molecular flexibility index (Phi) is 6.42. The maximum atomic E-state index is 13.1. The zero-order valence-electron chi connectivity index (χ0n) is 14.5. The molecule has 2 aromatic carbocycles. The van der Waals surface area contributed by atoms with Crippen LogP contribution in [-0.4, -0.2) is 36.3 Å². The van der Waals surface area contributed by atoms with E-state index >= 15 is 0 Å². The molecular weight excluding hydrogens is 335 g/mol. The van der Waals surface area contributed by atoms with Crippen LogP contribution in [0.25, 0.3) is 0 Å². The number of anilines is 2. The topological polar surface area (TPSA) is 85.2 Å². The smallest absolute Gasteiger partial charge is 0.241 e. The number of likely N-dealkylation sites (N-methyl/N-ethyl adjacent to an activating group) is 1. The van der Waals surface area contributed by atoms with E-state index in [1.165, 1.54) is 18.2 Å². The molecule has 0 unspecified atom stereocenters.